The molecule has 0 amide bonds. The summed E-state index contributed by atoms with van der Waals surface area (Å²) < 4.78 is 27.3. The van der Waals surface area contributed by atoms with Crippen molar-refractivity contribution < 1.29 is 8.78 Å². The molecule has 0 bridgehead atoms. The number of aryl methyl sites for hydroxylation is 1. The van der Waals surface area contributed by atoms with E-state index in [2.05, 4.69) is 15.5 Å². The van der Waals surface area contributed by atoms with Gasteiger partial charge in [0, 0.05) is 38.1 Å². The Morgan fingerprint density at radius 1 is 1.33 bits per heavy atom. The van der Waals surface area contributed by atoms with Crippen molar-refractivity contribution in [1.29, 1.82) is 0 Å². The summed E-state index contributed by atoms with van der Waals surface area (Å²) in [4.78, 5) is 0. The number of hydrogen-bond acceptors (Lipinski definition) is 3. The fraction of sp³-hybridized carbons (Fsp3) is 0.455. The Morgan fingerprint density at radius 2 is 2.17 bits per heavy atom. The molecule has 98 valence electrons. The summed E-state index contributed by atoms with van der Waals surface area (Å²) in [6.45, 7) is 0.909. The molecule has 5 nitrogen and oxygen atoms in total. The van der Waals surface area contributed by atoms with Crippen LogP contribution in [0.4, 0.5) is 8.78 Å². The minimum atomic E-state index is -2.37. The third-order valence-corrected chi connectivity index (χ3v) is 2.57. The van der Waals surface area contributed by atoms with Gasteiger partial charge in [-0.3, -0.25) is 9.36 Å². The lowest BCUT2D eigenvalue weighted by Crippen LogP contribution is -2.15. The van der Waals surface area contributed by atoms with Gasteiger partial charge in [-0.1, -0.05) is 0 Å². The summed E-state index contributed by atoms with van der Waals surface area (Å²) in [6.07, 6.45) is 2.58. The van der Waals surface area contributed by atoms with Gasteiger partial charge in [-0.05, 0) is 6.07 Å². The lowest BCUT2D eigenvalue weighted by atomic mass is 10.3. The van der Waals surface area contributed by atoms with Gasteiger partial charge in [0.2, 0.25) is 0 Å². The molecule has 0 radical (unpaired) electrons. The third kappa shape index (κ3) is 3.36. The molecule has 0 aliphatic rings. The monoisotopic (exact) mass is 255 g/mol. The smallest absolute Gasteiger partial charge is 0.257 e. The average Bonchev–Trinajstić information content (AvgIpc) is 2.89. The molecule has 0 unspecified atom stereocenters. The summed E-state index contributed by atoms with van der Waals surface area (Å²) in [6, 6.07) is 1.92. The number of halogens is 2. The van der Waals surface area contributed by atoms with Gasteiger partial charge in [-0.2, -0.15) is 10.2 Å². The summed E-state index contributed by atoms with van der Waals surface area (Å²) in [5.74, 6) is 0. The van der Waals surface area contributed by atoms with Gasteiger partial charge < -0.3 is 5.32 Å². The highest BCUT2D eigenvalue weighted by atomic mass is 19.3. The number of nitrogens with zero attached hydrogens (tertiary/aromatic N) is 4. The van der Waals surface area contributed by atoms with Crippen LogP contribution in [0, 0.1) is 0 Å². The van der Waals surface area contributed by atoms with Crippen LogP contribution < -0.4 is 5.32 Å². The zero-order chi connectivity index (χ0) is 13.0. The number of aromatic nitrogens is 4. The average molecular weight is 255 g/mol. The van der Waals surface area contributed by atoms with Gasteiger partial charge in [0.1, 0.15) is 6.54 Å². The van der Waals surface area contributed by atoms with E-state index in [1.54, 1.807) is 23.3 Å². The highest BCUT2D eigenvalue weighted by Gasteiger charge is 2.05. The molecule has 2 heterocycles. The molecule has 0 fully saturated rings. The van der Waals surface area contributed by atoms with Crippen LogP contribution in [0.2, 0.25) is 0 Å². The molecular formula is C11H15F2N5. The van der Waals surface area contributed by atoms with E-state index in [1.807, 2.05) is 13.1 Å². The van der Waals surface area contributed by atoms with E-state index in [1.165, 1.54) is 4.68 Å². The quantitative estimate of drug-likeness (QED) is 0.843. The van der Waals surface area contributed by atoms with Crippen LogP contribution in [0.1, 0.15) is 11.3 Å². The minimum Gasteiger partial charge on any atom is -0.307 e. The fourth-order valence-electron chi connectivity index (χ4n) is 1.65. The van der Waals surface area contributed by atoms with Crippen LogP contribution in [-0.4, -0.2) is 26.0 Å². The van der Waals surface area contributed by atoms with E-state index in [9.17, 15) is 8.78 Å². The zero-order valence-electron chi connectivity index (χ0n) is 10.1. The van der Waals surface area contributed by atoms with Gasteiger partial charge in [-0.25, -0.2) is 8.78 Å². The molecule has 7 heteroatoms. The van der Waals surface area contributed by atoms with Gasteiger partial charge in [0.05, 0.1) is 11.9 Å². The number of nitrogens with one attached hydrogen (secondary N) is 1. The van der Waals surface area contributed by atoms with Crippen molar-refractivity contribution in [3.05, 3.63) is 35.9 Å². The predicted molar refractivity (Wildman–Crippen MR) is 62.0 cm³/mol. The van der Waals surface area contributed by atoms with Gasteiger partial charge in [0.25, 0.3) is 6.43 Å². The Labute approximate surface area is 103 Å². The maximum absolute atomic E-state index is 12.1. The second kappa shape index (κ2) is 5.72. The lowest BCUT2D eigenvalue weighted by Gasteiger charge is -2.03. The Bertz CT molecular complexity index is 491. The molecule has 0 atom stereocenters. The van der Waals surface area contributed by atoms with E-state index in [0.717, 1.165) is 11.3 Å². The van der Waals surface area contributed by atoms with Crippen molar-refractivity contribution in [2.75, 3.05) is 0 Å². The number of alkyl halides is 2. The largest absolute Gasteiger partial charge is 0.307 e. The Balaban J connectivity index is 1.80. The highest BCUT2D eigenvalue weighted by Crippen LogP contribution is 2.02. The van der Waals surface area contributed by atoms with Crippen LogP contribution in [0.25, 0.3) is 0 Å². The van der Waals surface area contributed by atoms with E-state index in [4.69, 9.17) is 0 Å². The second-order valence-electron chi connectivity index (χ2n) is 4.01. The molecule has 0 saturated heterocycles. The molecule has 18 heavy (non-hydrogen) atoms. The van der Waals surface area contributed by atoms with Gasteiger partial charge >= 0.3 is 0 Å². The fourth-order valence-corrected chi connectivity index (χ4v) is 1.65. The van der Waals surface area contributed by atoms with Gasteiger partial charge in [-0.15, -0.1) is 0 Å². The van der Waals surface area contributed by atoms with Crippen LogP contribution >= 0.6 is 0 Å². The topological polar surface area (TPSA) is 47.7 Å². The lowest BCUT2D eigenvalue weighted by molar-refractivity contribution is 0.122. The normalized spacial score (nSPS) is 11.3. The first-order valence-electron chi connectivity index (χ1n) is 5.62. The first-order chi connectivity index (χ1) is 8.65. The van der Waals surface area contributed by atoms with Gasteiger partial charge in [0.15, 0.2) is 0 Å². The van der Waals surface area contributed by atoms with E-state index in [0.29, 0.717) is 13.1 Å². The van der Waals surface area contributed by atoms with Crippen LogP contribution in [0.5, 0.6) is 0 Å². The molecular weight excluding hydrogens is 240 g/mol. The minimum absolute atomic E-state index is 0.359. The molecule has 0 spiro atoms. The van der Waals surface area contributed by atoms with E-state index < -0.39 is 6.43 Å². The first-order valence-corrected chi connectivity index (χ1v) is 5.62. The molecule has 0 saturated carbocycles. The standard InChI is InChI=1S/C11H15F2N5/c1-17-10(2-3-15-17)6-14-4-9-5-16-18(7-9)8-11(12)13/h2-3,5,7,11,14H,4,6,8H2,1H3. The zero-order valence-corrected chi connectivity index (χ0v) is 10.1. The van der Waals surface area contributed by atoms with Crippen molar-refractivity contribution in [3.63, 3.8) is 0 Å². The molecule has 2 rings (SSSR count). The Morgan fingerprint density at radius 3 is 2.83 bits per heavy atom. The van der Waals surface area contributed by atoms with Crippen molar-refractivity contribution in [3.8, 4) is 0 Å². The molecule has 2 aromatic heterocycles. The number of rotatable bonds is 6. The SMILES string of the molecule is Cn1nccc1CNCc1cnn(CC(F)F)c1. The second-order valence-corrected chi connectivity index (χ2v) is 4.01. The Kier molecular flexibility index (Phi) is 4.03. The Hall–Kier alpha value is -1.76. The summed E-state index contributed by atoms with van der Waals surface area (Å²) in [5.41, 5.74) is 1.95. The van der Waals surface area contributed by atoms with Crippen LogP contribution in [0.15, 0.2) is 24.7 Å². The number of hydrogen-bond donors (Lipinski definition) is 1. The van der Waals surface area contributed by atoms with Crippen molar-refractivity contribution in [2.24, 2.45) is 7.05 Å². The summed E-state index contributed by atoms with van der Waals surface area (Å²) >= 11 is 0. The molecule has 0 aliphatic carbocycles. The van der Waals surface area contributed by atoms with E-state index >= 15 is 0 Å². The first kappa shape index (κ1) is 12.7. The van der Waals surface area contributed by atoms with Crippen molar-refractivity contribution >= 4 is 0 Å². The van der Waals surface area contributed by atoms with Crippen LogP contribution in [0.3, 0.4) is 0 Å². The van der Waals surface area contributed by atoms with Crippen molar-refractivity contribution in [1.82, 2.24) is 24.9 Å². The molecule has 1 N–H and O–H groups in total. The summed E-state index contributed by atoms with van der Waals surface area (Å²) in [7, 11) is 1.87. The van der Waals surface area contributed by atoms with E-state index in [-0.39, 0.29) is 6.54 Å². The van der Waals surface area contributed by atoms with Crippen LogP contribution in [-0.2, 0) is 26.7 Å². The third-order valence-electron chi connectivity index (χ3n) is 2.57. The van der Waals surface area contributed by atoms with Crippen molar-refractivity contribution in [2.45, 2.75) is 26.1 Å². The highest BCUT2D eigenvalue weighted by molar-refractivity contribution is 5.04. The predicted octanol–water partition coefficient (Wildman–Crippen LogP) is 1.17. The maximum Gasteiger partial charge on any atom is 0.257 e. The molecule has 2 aromatic rings. The maximum atomic E-state index is 12.1. The summed E-state index contributed by atoms with van der Waals surface area (Å²) in [5, 5.41) is 11.1. The molecule has 0 aromatic carbocycles. The molecule has 0 aliphatic heterocycles.